The Morgan fingerprint density at radius 1 is 1.36 bits per heavy atom. The Labute approximate surface area is 131 Å². The van der Waals surface area contributed by atoms with Crippen molar-refractivity contribution in [3.8, 4) is 0 Å². The lowest BCUT2D eigenvalue weighted by Gasteiger charge is -2.36. The highest BCUT2D eigenvalue weighted by Crippen LogP contribution is 2.26. The molecule has 0 aliphatic carbocycles. The summed E-state index contributed by atoms with van der Waals surface area (Å²) in [6.45, 7) is 0.622. The second kappa shape index (κ2) is 4.78. The van der Waals surface area contributed by atoms with Crippen LogP contribution in [0.25, 0.3) is 5.52 Å². The van der Waals surface area contributed by atoms with Crippen molar-refractivity contribution in [1.29, 1.82) is 0 Å². The van der Waals surface area contributed by atoms with Gasteiger partial charge in [-0.2, -0.15) is 5.10 Å². The van der Waals surface area contributed by atoms with Crippen LogP contribution in [-0.4, -0.2) is 39.1 Å². The maximum absolute atomic E-state index is 12.8. The minimum atomic E-state index is -0.117. The monoisotopic (exact) mass is 315 g/mol. The minimum Gasteiger partial charge on any atom is -0.363 e. The van der Waals surface area contributed by atoms with Gasteiger partial charge in [0.1, 0.15) is 0 Å². The SMILES string of the molecule is CN1c2cc[nH]c2CCN1C(=O)c1cc2ccc(Cl)cn2n1. The third-order valence-electron chi connectivity index (χ3n) is 3.97. The first-order chi connectivity index (χ1) is 10.6. The van der Waals surface area contributed by atoms with E-state index in [2.05, 4.69) is 10.1 Å². The predicted octanol–water partition coefficient (Wildman–Crippen LogP) is 2.37. The molecule has 1 aliphatic heterocycles. The maximum Gasteiger partial charge on any atom is 0.292 e. The van der Waals surface area contributed by atoms with Crippen molar-refractivity contribution < 1.29 is 4.79 Å². The van der Waals surface area contributed by atoms with Gasteiger partial charge in [-0.3, -0.25) is 9.80 Å². The van der Waals surface area contributed by atoms with E-state index in [0.29, 0.717) is 17.3 Å². The number of hydrazine groups is 1. The van der Waals surface area contributed by atoms with Crippen LogP contribution in [0, 0.1) is 0 Å². The zero-order chi connectivity index (χ0) is 15.3. The van der Waals surface area contributed by atoms with E-state index in [4.69, 9.17) is 11.6 Å². The van der Waals surface area contributed by atoms with Crippen molar-refractivity contribution in [2.75, 3.05) is 18.6 Å². The van der Waals surface area contributed by atoms with Gasteiger partial charge in [0.15, 0.2) is 5.69 Å². The summed E-state index contributed by atoms with van der Waals surface area (Å²) in [5, 5.41) is 8.50. The van der Waals surface area contributed by atoms with Gasteiger partial charge < -0.3 is 4.98 Å². The Morgan fingerprint density at radius 3 is 3.09 bits per heavy atom. The molecule has 1 amide bonds. The van der Waals surface area contributed by atoms with E-state index in [1.54, 1.807) is 27.9 Å². The summed E-state index contributed by atoms with van der Waals surface area (Å²) in [7, 11) is 1.89. The van der Waals surface area contributed by atoms with Gasteiger partial charge in [0.2, 0.25) is 0 Å². The predicted molar refractivity (Wildman–Crippen MR) is 84.1 cm³/mol. The minimum absolute atomic E-state index is 0.117. The maximum atomic E-state index is 12.8. The van der Waals surface area contributed by atoms with Crippen LogP contribution in [0.1, 0.15) is 16.2 Å². The lowest BCUT2D eigenvalue weighted by Crippen LogP contribution is -2.48. The lowest BCUT2D eigenvalue weighted by atomic mass is 10.2. The molecular formula is C15H14ClN5O. The quantitative estimate of drug-likeness (QED) is 0.750. The van der Waals surface area contributed by atoms with Crippen LogP contribution in [0.4, 0.5) is 5.69 Å². The number of amides is 1. The van der Waals surface area contributed by atoms with E-state index in [1.165, 1.54) is 0 Å². The number of nitrogens with zero attached hydrogens (tertiary/aromatic N) is 4. The number of hydrogen-bond acceptors (Lipinski definition) is 3. The number of H-pyrrole nitrogens is 1. The second-order valence-electron chi connectivity index (χ2n) is 5.29. The summed E-state index contributed by atoms with van der Waals surface area (Å²) in [6.07, 6.45) is 4.39. The molecule has 0 radical (unpaired) electrons. The normalized spacial score (nSPS) is 14.5. The van der Waals surface area contributed by atoms with Crippen molar-refractivity contribution >= 4 is 28.7 Å². The standard InChI is InChI=1S/C15H14ClN5O/c1-19-14-4-6-17-12(14)5-7-21(19)15(22)13-8-11-3-2-10(16)9-20(11)18-13/h2-4,6,8-9,17H,5,7H2,1H3. The molecule has 22 heavy (non-hydrogen) atoms. The largest absolute Gasteiger partial charge is 0.363 e. The van der Waals surface area contributed by atoms with Gasteiger partial charge in [0.05, 0.1) is 16.2 Å². The first-order valence-corrected chi connectivity index (χ1v) is 7.38. The number of rotatable bonds is 1. The second-order valence-corrected chi connectivity index (χ2v) is 5.73. The van der Waals surface area contributed by atoms with Gasteiger partial charge in [0.25, 0.3) is 5.91 Å². The van der Waals surface area contributed by atoms with Crippen LogP contribution in [0.15, 0.2) is 36.7 Å². The molecule has 0 fully saturated rings. The van der Waals surface area contributed by atoms with Gasteiger partial charge in [-0.05, 0) is 24.3 Å². The number of carbonyl (C=O) groups excluding carboxylic acids is 1. The number of aromatic amines is 1. The molecule has 6 nitrogen and oxygen atoms in total. The summed E-state index contributed by atoms with van der Waals surface area (Å²) in [6, 6.07) is 7.37. The van der Waals surface area contributed by atoms with E-state index < -0.39 is 0 Å². The molecule has 7 heteroatoms. The summed E-state index contributed by atoms with van der Waals surface area (Å²) in [5.41, 5.74) is 3.42. The molecular weight excluding hydrogens is 302 g/mol. The van der Waals surface area contributed by atoms with Crippen molar-refractivity contribution in [3.63, 3.8) is 0 Å². The van der Waals surface area contributed by atoms with Crippen LogP contribution < -0.4 is 5.01 Å². The third-order valence-corrected chi connectivity index (χ3v) is 4.19. The van der Waals surface area contributed by atoms with Crippen molar-refractivity contribution in [3.05, 3.63) is 53.1 Å². The van der Waals surface area contributed by atoms with Gasteiger partial charge in [0, 0.05) is 38.1 Å². The van der Waals surface area contributed by atoms with Gasteiger partial charge >= 0.3 is 0 Å². The number of aromatic nitrogens is 3. The van der Waals surface area contributed by atoms with E-state index in [0.717, 1.165) is 23.3 Å². The summed E-state index contributed by atoms with van der Waals surface area (Å²) < 4.78 is 1.63. The van der Waals surface area contributed by atoms with Crippen LogP contribution in [0.3, 0.4) is 0 Å². The molecule has 1 N–H and O–H groups in total. The fourth-order valence-electron chi connectivity index (χ4n) is 2.83. The number of hydrogen-bond donors (Lipinski definition) is 1. The Kier molecular flexibility index (Phi) is 2.87. The molecule has 0 spiro atoms. The van der Waals surface area contributed by atoms with Gasteiger partial charge in [-0.25, -0.2) is 9.52 Å². The third kappa shape index (κ3) is 1.95. The number of anilines is 1. The smallest absolute Gasteiger partial charge is 0.292 e. The van der Waals surface area contributed by atoms with Crippen molar-refractivity contribution in [2.45, 2.75) is 6.42 Å². The molecule has 0 unspecified atom stereocenters. The molecule has 0 bridgehead atoms. The molecule has 0 atom stereocenters. The Hall–Kier alpha value is -2.47. The molecule has 0 saturated carbocycles. The van der Waals surface area contributed by atoms with Gasteiger partial charge in [-0.15, -0.1) is 0 Å². The van der Waals surface area contributed by atoms with E-state index in [9.17, 15) is 4.79 Å². The molecule has 1 aliphatic rings. The number of nitrogens with one attached hydrogen (secondary N) is 1. The Balaban J connectivity index is 1.68. The highest BCUT2D eigenvalue weighted by molar-refractivity contribution is 6.30. The summed E-state index contributed by atoms with van der Waals surface area (Å²) in [5.74, 6) is -0.117. The number of fused-ring (bicyclic) bond motifs is 2. The highest BCUT2D eigenvalue weighted by atomic mass is 35.5. The van der Waals surface area contributed by atoms with Crippen LogP contribution in [-0.2, 0) is 6.42 Å². The average molecular weight is 316 g/mol. The fraction of sp³-hybridized carbons (Fsp3) is 0.200. The molecule has 3 aromatic rings. The molecule has 0 saturated heterocycles. The zero-order valence-electron chi connectivity index (χ0n) is 12.0. The number of pyridine rings is 1. The van der Waals surface area contributed by atoms with E-state index in [-0.39, 0.29) is 5.91 Å². The zero-order valence-corrected chi connectivity index (χ0v) is 12.7. The van der Waals surface area contributed by atoms with Gasteiger partial charge in [-0.1, -0.05) is 11.6 Å². The number of halogens is 1. The highest BCUT2D eigenvalue weighted by Gasteiger charge is 2.28. The Morgan fingerprint density at radius 2 is 2.23 bits per heavy atom. The molecule has 4 rings (SSSR count). The van der Waals surface area contributed by atoms with Crippen LogP contribution in [0.2, 0.25) is 5.02 Å². The lowest BCUT2D eigenvalue weighted by molar-refractivity contribution is 0.0732. The first-order valence-electron chi connectivity index (χ1n) is 7.00. The summed E-state index contributed by atoms with van der Waals surface area (Å²) in [4.78, 5) is 16.0. The fourth-order valence-corrected chi connectivity index (χ4v) is 2.99. The van der Waals surface area contributed by atoms with Crippen LogP contribution in [0.5, 0.6) is 0 Å². The molecule has 3 aromatic heterocycles. The first kappa shape index (κ1) is 13.2. The topological polar surface area (TPSA) is 56.6 Å². The van der Waals surface area contributed by atoms with Crippen molar-refractivity contribution in [1.82, 2.24) is 19.6 Å². The van der Waals surface area contributed by atoms with E-state index in [1.807, 2.05) is 30.4 Å². The van der Waals surface area contributed by atoms with Crippen molar-refractivity contribution in [2.24, 2.45) is 0 Å². The number of carbonyl (C=O) groups is 1. The van der Waals surface area contributed by atoms with E-state index >= 15 is 0 Å². The average Bonchev–Trinajstić information content (AvgIpc) is 3.12. The molecule has 4 heterocycles. The summed E-state index contributed by atoms with van der Waals surface area (Å²) >= 11 is 5.96. The Bertz CT molecular complexity index is 868. The van der Waals surface area contributed by atoms with Crippen LogP contribution >= 0.6 is 11.6 Å². The molecule has 0 aromatic carbocycles. The molecule has 112 valence electrons.